The van der Waals surface area contributed by atoms with Crippen molar-refractivity contribution in [1.82, 2.24) is 9.55 Å². The number of piperidine rings is 1. The van der Waals surface area contributed by atoms with Crippen molar-refractivity contribution in [2.24, 2.45) is 11.5 Å². The summed E-state index contributed by atoms with van der Waals surface area (Å²) in [5.74, 6) is 0. The number of primary amides is 1. The zero-order chi connectivity index (χ0) is 14.3. The summed E-state index contributed by atoms with van der Waals surface area (Å²) in [7, 11) is 0. The molecule has 2 aromatic heterocycles. The second-order valence-corrected chi connectivity index (χ2v) is 5.39. The van der Waals surface area contributed by atoms with Crippen molar-refractivity contribution in [3.63, 3.8) is 0 Å². The number of hydrogen-bond donors (Lipinski definition) is 2. The minimum absolute atomic E-state index is 0.126. The summed E-state index contributed by atoms with van der Waals surface area (Å²) >= 11 is 6.28. The van der Waals surface area contributed by atoms with E-state index in [0.29, 0.717) is 16.1 Å². The fourth-order valence-electron chi connectivity index (χ4n) is 2.66. The maximum Gasteiger partial charge on any atom is 0.324 e. The van der Waals surface area contributed by atoms with E-state index in [1.54, 1.807) is 0 Å². The van der Waals surface area contributed by atoms with Crippen molar-refractivity contribution >= 4 is 34.4 Å². The van der Waals surface area contributed by atoms with Gasteiger partial charge in [0.15, 0.2) is 5.65 Å². The van der Waals surface area contributed by atoms with E-state index >= 15 is 0 Å². The molecule has 0 spiro atoms. The molecule has 20 heavy (non-hydrogen) atoms. The van der Waals surface area contributed by atoms with Crippen LogP contribution in [-0.2, 0) is 0 Å². The lowest BCUT2D eigenvalue weighted by Crippen LogP contribution is -2.43. The molecule has 1 fully saturated rings. The molecule has 6 nitrogen and oxygen atoms in total. The predicted octanol–water partition coefficient (Wildman–Crippen LogP) is 1.34. The maximum absolute atomic E-state index is 11.4. The van der Waals surface area contributed by atoms with Crippen LogP contribution >= 0.6 is 11.6 Å². The van der Waals surface area contributed by atoms with E-state index in [2.05, 4.69) is 16.0 Å². The Hall–Kier alpha value is -1.79. The molecule has 0 aliphatic carbocycles. The van der Waals surface area contributed by atoms with Gasteiger partial charge in [0.2, 0.25) is 0 Å². The third-order valence-corrected chi connectivity index (χ3v) is 3.84. The number of amides is 1. The number of fused-ring (bicyclic) bond motifs is 1. The van der Waals surface area contributed by atoms with Gasteiger partial charge in [-0.2, -0.15) is 0 Å². The molecule has 3 heterocycles. The first kappa shape index (κ1) is 13.2. The number of nitrogens with zero attached hydrogens (tertiary/aromatic N) is 3. The zero-order valence-corrected chi connectivity index (χ0v) is 11.6. The number of anilines is 1. The van der Waals surface area contributed by atoms with Crippen LogP contribution in [0.2, 0.25) is 5.02 Å². The Labute approximate surface area is 121 Å². The lowest BCUT2D eigenvalue weighted by atomic mass is 10.1. The molecule has 0 unspecified atom stereocenters. The molecule has 1 saturated heterocycles. The number of carbonyl (C=O) groups is 1. The van der Waals surface area contributed by atoms with Crippen molar-refractivity contribution in [3.05, 3.63) is 23.5 Å². The summed E-state index contributed by atoms with van der Waals surface area (Å²) in [5, 5.41) is 1.23. The van der Waals surface area contributed by atoms with Gasteiger partial charge in [0, 0.05) is 31.4 Å². The van der Waals surface area contributed by atoms with Gasteiger partial charge >= 0.3 is 6.03 Å². The fraction of sp³-hybridized carbons (Fsp3) is 0.385. The van der Waals surface area contributed by atoms with Crippen LogP contribution in [0, 0.1) is 6.07 Å². The minimum Gasteiger partial charge on any atom is -0.368 e. The van der Waals surface area contributed by atoms with Gasteiger partial charge in [-0.3, -0.25) is 4.57 Å². The molecular formula is C13H15ClN5O. The molecule has 1 amide bonds. The Morgan fingerprint density at radius 3 is 3.05 bits per heavy atom. The number of halogens is 1. The molecule has 1 aliphatic heterocycles. The van der Waals surface area contributed by atoms with Crippen LogP contribution < -0.4 is 16.4 Å². The third-order valence-electron chi connectivity index (χ3n) is 3.56. The molecular weight excluding hydrogens is 278 g/mol. The Morgan fingerprint density at radius 2 is 2.35 bits per heavy atom. The standard InChI is InChI=1S/C13H15ClN5O/c14-10-6-17-12-9(3-5-19(12)13(16)20)11(10)18-4-1-2-8(15)7-18/h5-6,8H,1-2,4,7,15H2,(H2,16,20)/t8-/m1/s1. The van der Waals surface area contributed by atoms with E-state index in [9.17, 15) is 4.79 Å². The highest BCUT2D eigenvalue weighted by molar-refractivity contribution is 6.34. The van der Waals surface area contributed by atoms with E-state index in [1.165, 1.54) is 17.0 Å². The van der Waals surface area contributed by atoms with Gasteiger partial charge in [-0.05, 0) is 12.8 Å². The normalized spacial score (nSPS) is 19.5. The van der Waals surface area contributed by atoms with E-state index in [0.717, 1.165) is 31.6 Å². The predicted molar refractivity (Wildman–Crippen MR) is 78.0 cm³/mol. The Kier molecular flexibility index (Phi) is 3.27. The molecule has 3 rings (SSSR count). The van der Waals surface area contributed by atoms with Crippen LogP contribution in [0.3, 0.4) is 0 Å². The van der Waals surface area contributed by atoms with Gasteiger partial charge in [0.1, 0.15) is 0 Å². The van der Waals surface area contributed by atoms with Gasteiger partial charge in [0.05, 0.1) is 22.3 Å². The molecule has 1 atom stereocenters. The second-order valence-electron chi connectivity index (χ2n) is 4.98. The maximum atomic E-state index is 11.4. The van der Waals surface area contributed by atoms with Crippen molar-refractivity contribution < 1.29 is 4.79 Å². The van der Waals surface area contributed by atoms with Crippen LogP contribution in [-0.4, -0.2) is 34.7 Å². The highest BCUT2D eigenvalue weighted by Crippen LogP contribution is 2.34. The molecule has 0 aromatic carbocycles. The van der Waals surface area contributed by atoms with E-state index < -0.39 is 6.03 Å². The number of aromatic nitrogens is 2. The van der Waals surface area contributed by atoms with E-state index in [1.807, 2.05) is 0 Å². The Balaban J connectivity index is 2.14. The van der Waals surface area contributed by atoms with Crippen LogP contribution in [0.4, 0.5) is 10.5 Å². The van der Waals surface area contributed by atoms with E-state index in [4.69, 9.17) is 23.1 Å². The summed E-state index contributed by atoms with van der Waals surface area (Å²) in [5.41, 5.74) is 12.6. The number of hydrogen-bond acceptors (Lipinski definition) is 4. The molecule has 1 radical (unpaired) electrons. The van der Waals surface area contributed by atoms with Gasteiger partial charge < -0.3 is 16.4 Å². The molecule has 0 bridgehead atoms. The molecule has 7 heteroatoms. The van der Waals surface area contributed by atoms with Crippen LogP contribution in [0.1, 0.15) is 12.8 Å². The zero-order valence-electron chi connectivity index (χ0n) is 10.8. The van der Waals surface area contributed by atoms with Crippen molar-refractivity contribution in [3.8, 4) is 0 Å². The molecule has 105 valence electrons. The van der Waals surface area contributed by atoms with Crippen molar-refractivity contribution in [2.45, 2.75) is 18.9 Å². The number of nitrogens with two attached hydrogens (primary N) is 2. The summed E-state index contributed by atoms with van der Waals surface area (Å²) < 4.78 is 1.26. The summed E-state index contributed by atoms with van der Waals surface area (Å²) in [4.78, 5) is 17.7. The number of pyridine rings is 1. The SMILES string of the molecule is NC(=O)n1c[c]c2c(N3CCC[C@@H](N)C3)c(Cl)cnc21. The third kappa shape index (κ3) is 2.10. The van der Waals surface area contributed by atoms with E-state index in [-0.39, 0.29) is 6.04 Å². The van der Waals surface area contributed by atoms with Crippen LogP contribution in [0.25, 0.3) is 11.0 Å². The average Bonchev–Trinajstić information content (AvgIpc) is 2.82. The summed E-state index contributed by atoms with van der Waals surface area (Å²) in [6.07, 6.45) is 5.04. The van der Waals surface area contributed by atoms with Gasteiger partial charge in [0.25, 0.3) is 0 Å². The lowest BCUT2D eigenvalue weighted by Gasteiger charge is -2.33. The average molecular weight is 293 g/mol. The highest BCUT2D eigenvalue weighted by atomic mass is 35.5. The van der Waals surface area contributed by atoms with Crippen molar-refractivity contribution in [1.29, 1.82) is 0 Å². The second kappa shape index (κ2) is 4.96. The van der Waals surface area contributed by atoms with Gasteiger partial charge in [-0.1, -0.05) is 11.6 Å². The van der Waals surface area contributed by atoms with Gasteiger partial charge in [-0.25, -0.2) is 9.78 Å². The fourth-order valence-corrected chi connectivity index (χ4v) is 2.93. The van der Waals surface area contributed by atoms with Crippen LogP contribution in [0.5, 0.6) is 0 Å². The number of rotatable bonds is 1. The first-order chi connectivity index (χ1) is 9.58. The smallest absolute Gasteiger partial charge is 0.324 e. The first-order valence-electron chi connectivity index (χ1n) is 6.45. The number of carbonyl (C=O) groups excluding carboxylic acids is 1. The highest BCUT2D eigenvalue weighted by Gasteiger charge is 2.23. The Morgan fingerprint density at radius 1 is 1.55 bits per heavy atom. The molecule has 2 aromatic rings. The Bertz CT molecular complexity index is 668. The minimum atomic E-state index is -0.590. The molecule has 4 N–H and O–H groups in total. The first-order valence-corrected chi connectivity index (χ1v) is 6.83. The monoisotopic (exact) mass is 292 g/mol. The quantitative estimate of drug-likeness (QED) is 0.830. The molecule has 0 saturated carbocycles. The topological polar surface area (TPSA) is 90.2 Å². The van der Waals surface area contributed by atoms with Crippen molar-refractivity contribution in [2.75, 3.05) is 18.0 Å². The summed E-state index contributed by atoms with van der Waals surface area (Å²) in [6, 6.07) is 2.56. The molecule has 1 aliphatic rings. The van der Waals surface area contributed by atoms with Gasteiger partial charge in [-0.15, -0.1) is 0 Å². The summed E-state index contributed by atoms with van der Waals surface area (Å²) in [6.45, 7) is 1.61. The van der Waals surface area contributed by atoms with Crippen LogP contribution in [0.15, 0.2) is 12.4 Å². The lowest BCUT2D eigenvalue weighted by molar-refractivity contribution is 0.251. The largest absolute Gasteiger partial charge is 0.368 e.